The van der Waals surface area contributed by atoms with Gasteiger partial charge in [0, 0.05) is 25.9 Å². The molecule has 0 saturated heterocycles. The Morgan fingerprint density at radius 1 is 0.500 bits per heavy atom. The van der Waals surface area contributed by atoms with Crippen molar-refractivity contribution in [1.82, 2.24) is 10.2 Å². The first-order valence-corrected chi connectivity index (χ1v) is 20.3. The van der Waals surface area contributed by atoms with E-state index in [4.69, 9.17) is 14.2 Å². The average molecular weight is 683 g/mol. The molecule has 48 heavy (non-hydrogen) atoms. The van der Waals surface area contributed by atoms with Crippen molar-refractivity contribution in [2.24, 2.45) is 0 Å². The van der Waals surface area contributed by atoms with Gasteiger partial charge in [0.1, 0.15) is 13.2 Å². The SMILES string of the molecule is CCCCCCCCCCCCCCCC(=O)OCC(COC(=O)NCCN(C)C)OC(=O)CCCCCCCCCCCCCCC. The summed E-state index contributed by atoms with van der Waals surface area (Å²) in [5, 5.41) is 2.68. The van der Waals surface area contributed by atoms with Gasteiger partial charge in [-0.05, 0) is 26.9 Å². The van der Waals surface area contributed by atoms with Crippen LogP contribution in [0.3, 0.4) is 0 Å². The first-order valence-electron chi connectivity index (χ1n) is 20.3. The monoisotopic (exact) mass is 683 g/mol. The Labute approximate surface area is 296 Å². The maximum atomic E-state index is 12.6. The number of ether oxygens (including phenoxy) is 3. The van der Waals surface area contributed by atoms with Gasteiger partial charge in [-0.25, -0.2) is 4.79 Å². The molecule has 0 aliphatic carbocycles. The van der Waals surface area contributed by atoms with Gasteiger partial charge in [-0.1, -0.05) is 168 Å². The Morgan fingerprint density at radius 2 is 0.854 bits per heavy atom. The summed E-state index contributed by atoms with van der Waals surface area (Å²) in [6.07, 6.45) is 31.7. The van der Waals surface area contributed by atoms with Crippen LogP contribution in [0.1, 0.15) is 194 Å². The maximum Gasteiger partial charge on any atom is 0.407 e. The van der Waals surface area contributed by atoms with Gasteiger partial charge in [0.05, 0.1) is 0 Å². The van der Waals surface area contributed by atoms with Crippen molar-refractivity contribution in [3.8, 4) is 0 Å². The molecule has 0 bridgehead atoms. The van der Waals surface area contributed by atoms with Crippen LogP contribution in [0.15, 0.2) is 0 Å². The van der Waals surface area contributed by atoms with Gasteiger partial charge >= 0.3 is 18.0 Å². The molecule has 0 rings (SSSR count). The lowest BCUT2D eigenvalue weighted by Crippen LogP contribution is -2.36. The van der Waals surface area contributed by atoms with Crippen molar-refractivity contribution < 1.29 is 28.6 Å². The van der Waals surface area contributed by atoms with Gasteiger partial charge in [0.15, 0.2) is 6.10 Å². The van der Waals surface area contributed by atoms with E-state index in [2.05, 4.69) is 19.2 Å². The summed E-state index contributed by atoms with van der Waals surface area (Å²) >= 11 is 0. The van der Waals surface area contributed by atoms with Crippen molar-refractivity contribution >= 4 is 18.0 Å². The predicted molar refractivity (Wildman–Crippen MR) is 199 cm³/mol. The Kier molecular flexibility index (Phi) is 35.1. The van der Waals surface area contributed by atoms with E-state index in [0.717, 1.165) is 38.5 Å². The van der Waals surface area contributed by atoms with Gasteiger partial charge < -0.3 is 24.4 Å². The molecule has 8 heteroatoms. The minimum absolute atomic E-state index is 0.105. The molecule has 0 aromatic carbocycles. The smallest absolute Gasteiger partial charge is 0.407 e. The van der Waals surface area contributed by atoms with Gasteiger partial charge in [0.25, 0.3) is 0 Å². The summed E-state index contributed by atoms with van der Waals surface area (Å²) in [6, 6.07) is 0. The topological polar surface area (TPSA) is 94.2 Å². The van der Waals surface area contributed by atoms with Gasteiger partial charge in [-0.15, -0.1) is 0 Å². The summed E-state index contributed by atoms with van der Waals surface area (Å²) < 4.78 is 16.3. The summed E-state index contributed by atoms with van der Waals surface area (Å²) in [7, 11) is 3.85. The van der Waals surface area contributed by atoms with E-state index in [1.54, 1.807) is 0 Å². The number of nitrogens with zero attached hydrogens (tertiary/aromatic N) is 1. The van der Waals surface area contributed by atoms with Gasteiger partial charge in [-0.2, -0.15) is 0 Å². The second-order valence-electron chi connectivity index (χ2n) is 14.1. The molecule has 0 aliphatic heterocycles. The van der Waals surface area contributed by atoms with Crippen molar-refractivity contribution in [1.29, 1.82) is 0 Å². The highest BCUT2D eigenvalue weighted by Gasteiger charge is 2.19. The van der Waals surface area contributed by atoms with Crippen LogP contribution in [0.4, 0.5) is 4.79 Å². The fraction of sp³-hybridized carbons (Fsp3) is 0.925. The number of carbonyl (C=O) groups is 3. The summed E-state index contributed by atoms with van der Waals surface area (Å²) in [6.45, 7) is 5.39. The van der Waals surface area contributed by atoms with Crippen LogP contribution in [-0.4, -0.2) is 69.4 Å². The lowest BCUT2D eigenvalue weighted by atomic mass is 10.0. The fourth-order valence-corrected chi connectivity index (χ4v) is 5.79. The number of alkyl carbamates (subject to hydrolysis) is 1. The second-order valence-corrected chi connectivity index (χ2v) is 14.1. The number of likely N-dealkylation sites (N-methyl/N-ethyl adjacent to an activating group) is 1. The van der Waals surface area contributed by atoms with Crippen molar-refractivity contribution in [3.05, 3.63) is 0 Å². The number of nitrogens with one attached hydrogen (secondary N) is 1. The number of rotatable bonds is 36. The van der Waals surface area contributed by atoms with E-state index in [1.165, 1.54) is 128 Å². The average Bonchev–Trinajstić information content (AvgIpc) is 3.06. The third kappa shape index (κ3) is 35.5. The molecular formula is C40H78N2O6. The van der Waals surface area contributed by atoms with Gasteiger partial charge in [-0.3, -0.25) is 9.59 Å². The van der Waals surface area contributed by atoms with Crippen LogP contribution in [0.25, 0.3) is 0 Å². The number of hydrogen-bond donors (Lipinski definition) is 1. The van der Waals surface area contributed by atoms with Crippen LogP contribution < -0.4 is 5.32 Å². The minimum atomic E-state index is -0.810. The zero-order valence-electron chi connectivity index (χ0n) is 32.1. The van der Waals surface area contributed by atoms with E-state index >= 15 is 0 Å². The summed E-state index contributed by atoms with van der Waals surface area (Å²) in [4.78, 5) is 39.0. The van der Waals surface area contributed by atoms with Crippen molar-refractivity contribution in [2.75, 3.05) is 40.4 Å². The largest absolute Gasteiger partial charge is 0.462 e. The van der Waals surface area contributed by atoms with E-state index in [0.29, 0.717) is 25.9 Å². The highest BCUT2D eigenvalue weighted by Crippen LogP contribution is 2.15. The quantitative estimate of drug-likeness (QED) is 0.0399. The normalized spacial score (nSPS) is 11.9. The first kappa shape index (κ1) is 46.2. The highest BCUT2D eigenvalue weighted by atomic mass is 16.6. The lowest BCUT2D eigenvalue weighted by molar-refractivity contribution is -0.161. The number of amides is 1. The molecule has 1 amide bonds. The third-order valence-electron chi connectivity index (χ3n) is 8.93. The Bertz CT molecular complexity index is 733. The fourth-order valence-electron chi connectivity index (χ4n) is 5.79. The molecule has 0 saturated carbocycles. The zero-order valence-corrected chi connectivity index (χ0v) is 32.1. The van der Waals surface area contributed by atoms with Crippen LogP contribution in [0.5, 0.6) is 0 Å². The van der Waals surface area contributed by atoms with Crippen LogP contribution in [0.2, 0.25) is 0 Å². The minimum Gasteiger partial charge on any atom is -0.462 e. The maximum absolute atomic E-state index is 12.6. The highest BCUT2D eigenvalue weighted by molar-refractivity contribution is 5.70. The Hall–Kier alpha value is -1.83. The van der Waals surface area contributed by atoms with E-state index < -0.39 is 12.2 Å². The molecule has 8 nitrogen and oxygen atoms in total. The zero-order chi connectivity index (χ0) is 35.3. The molecule has 1 atom stereocenters. The molecular weight excluding hydrogens is 604 g/mol. The Balaban J connectivity index is 4.18. The predicted octanol–water partition coefficient (Wildman–Crippen LogP) is 10.7. The summed E-state index contributed by atoms with van der Waals surface area (Å²) in [5.74, 6) is -0.640. The van der Waals surface area contributed by atoms with Crippen molar-refractivity contribution in [3.63, 3.8) is 0 Å². The van der Waals surface area contributed by atoms with E-state index in [9.17, 15) is 14.4 Å². The molecule has 0 fully saturated rings. The standard InChI is InChI=1S/C40H78N2O6/c1-5-7-9-11-13-15-17-19-21-23-25-27-29-31-38(43)46-35-37(36-47-40(45)41-33-34-42(3)4)48-39(44)32-30-28-26-24-22-20-18-16-14-12-10-8-6-2/h37H,5-36H2,1-4H3,(H,41,45). The van der Waals surface area contributed by atoms with Crippen molar-refractivity contribution in [2.45, 2.75) is 200 Å². The van der Waals surface area contributed by atoms with Crippen LogP contribution in [0, 0.1) is 0 Å². The molecule has 1 N–H and O–H groups in total. The summed E-state index contributed by atoms with van der Waals surface area (Å²) in [5.41, 5.74) is 0. The van der Waals surface area contributed by atoms with E-state index in [1.807, 2.05) is 19.0 Å². The van der Waals surface area contributed by atoms with Crippen LogP contribution >= 0.6 is 0 Å². The van der Waals surface area contributed by atoms with Crippen LogP contribution in [-0.2, 0) is 23.8 Å². The lowest BCUT2D eigenvalue weighted by Gasteiger charge is -2.18. The number of carbonyl (C=O) groups excluding carboxylic acids is 3. The molecule has 0 aromatic heterocycles. The Morgan fingerprint density at radius 3 is 1.25 bits per heavy atom. The molecule has 1 unspecified atom stereocenters. The van der Waals surface area contributed by atoms with E-state index in [-0.39, 0.29) is 25.2 Å². The molecule has 0 aliphatic rings. The molecule has 0 heterocycles. The molecule has 284 valence electrons. The molecule has 0 radical (unpaired) electrons. The number of unbranched alkanes of at least 4 members (excludes halogenated alkanes) is 24. The number of esters is 2. The second kappa shape index (κ2) is 36.5. The molecule has 0 spiro atoms. The van der Waals surface area contributed by atoms with Gasteiger partial charge in [0.2, 0.25) is 0 Å². The molecule has 0 aromatic rings. The first-order chi connectivity index (χ1) is 23.4. The third-order valence-corrected chi connectivity index (χ3v) is 8.93. The number of hydrogen-bond acceptors (Lipinski definition) is 7.